The molecule has 0 aliphatic carbocycles. The average molecular weight is 436 g/mol. The van der Waals surface area contributed by atoms with Crippen LogP contribution in [0, 0.1) is 0 Å². The van der Waals surface area contributed by atoms with Crippen molar-refractivity contribution in [2.45, 2.75) is 45.4 Å². The molecule has 0 fully saturated rings. The second kappa shape index (κ2) is 14.3. The largest absolute Gasteiger partial charge is 0.370 e. The molecule has 0 radical (unpaired) electrons. The van der Waals surface area contributed by atoms with E-state index in [1.54, 1.807) is 12.3 Å². The number of aliphatic imine (C=N–C) groups is 1. The van der Waals surface area contributed by atoms with Crippen LogP contribution in [0.5, 0.6) is 0 Å². The highest BCUT2D eigenvalue weighted by Gasteiger charge is 2.04. The number of aromatic nitrogens is 2. The van der Waals surface area contributed by atoms with Crippen LogP contribution < -0.4 is 16.4 Å². The van der Waals surface area contributed by atoms with Gasteiger partial charge in [0, 0.05) is 25.8 Å². The molecule has 0 spiro atoms. The van der Waals surface area contributed by atoms with Gasteiger partial charge in [-0.05, 0) is 12.5 Å². The number of rotatable bonds is 11. The standard InChI is InChI=1S/C15H28N6O.HI/c1-2-3-4-5-6-7-9-18-15(16)19-12-11-17-14(22)13-8-10-20-21-13;/h8,10H,2-7,9,11-12H2,1H3,(H,17,22)(H,20,21)(H3,16,18,19);1H. The third-order valence-corrected chi connectivity index (χ3v) is 3.26. The number of nitrogens with one attached hydrogen (secondary N) is 3. The van der Waals surface area contributed by atoms with Gasteiger partial charge in [-0.15, -0.1) is 24.0 Å². The van der Waals surface area contributed by atoms with Crippen molar-refractivity contribution in [1.82, 2.24) is 20.8 Å². The number of hydrogen-bond donors (Lipinski definition) is 4. The molecule has 1 amide bonds. The number of amides is 1. The molecule has 7 nitrogen and oxygen atoms in total. The molecular formula is C15H29IN6O. The quantitative estimate of drug-likeness (QED) is 0.184. The molecule has 5 N–H and O–H groups in total. The molecule has 0 aliphatic heterocycles. The van der Waals surface area contributed by atoms with Gasteiger partial charge in [0.1, 0.15) is 5.69 Å². The zero-order chi connectivity index (χ0) is 16.0. The van der Waals surface area contributed by atoms with Crippen molar-refractivity contribution in [2.75, 3.05) is 19.6 Å². The summed E-state index contributed by atoms with van der Waals surface area (Å²) in [6.07, 6.45) is 8.99. The number of carbonyl (C=O) groups excluding carboxylic acids is 1. The molecule has 0 aromatic carbocycles. The molecule has 1 aromatic heterocycles. The summed E-state index contributed by atoms with van der Waals surface area (Å²) >= 11 is 0. The molecule has 1 aromatic rings. The van der Waals surface area contributed by atoms with Crippen molar-refractivity contribution in [1.29, 1.82) is 0 Å². The molecule has 0 saturated carbocycles. The van der Waals surface area contributed by atoms with Crippen LogP contribution in [0.4, 0.5) is 0 Å². The number of aromatic amines is 1. The lowest BCUT2D eigenvalue weighted by Gasteiger charge is -2.06. The summed E-state index contributed by atoms with van der Waals surface area (Å²) < 4.78 is 0. The van der Waals surface area contributed by atoms with Crippen LogP contribution >= 0.6 is 24.0 Å². The highest BCUT2D eigenvalue weighted by molar-refractivity contribution is 14.0. The third-order valence-electron chi connectivity index (χ3n) is 3.26. The molecule has 8 heteroatoms. The monoisotopic (exact) mass is 436 g/mol. The van der Waals surface area contributed by atoms with Gasteiger partial charge in [0.25, 0.3) is 5.91 Å². The van der Waals surface area contributed by atoms with E-state index in [0.29, 0.717) is 24.7 Å². The summed E-state index contributed by atoms with van der Waals surface area (Å²) in [6, 6.07) is 1.62. The van der Waals surface area contributed by atoms with Crippen molar-refractivity contribution in [2.24, 2.45) is 10.7 Å². The van der Waals surface area contributed by atoms with Crippen LogP contribution in [0.3, 0.4) is 0 Å². The second-order valence-electron chi connectivity index (χ2n) is 5.19. The smallest absolute Gasteiger partial charge is 0.269 e. The van der Waals surface area contributed by atoms with Crippen LogP contribution in [0.1, 0.15) is 55.9 Å². The fourth-order valence-corrected chi connectivity index (χ4v) is 1.99. The van der Waals surface area contributed by atoms with Gasteiger partial charge in [0.2, 0.25) is 0 Å². The predicted octanol–water partition coefficient (Wildman–Crippen LogP) is 2.02. The van der Waals surface area contributed by atoms with Gasteiger partial charge in [-0.2, -0.15) is 5.10 Å². The van der Waals surface area contributed by atoms with Gasteiger partial charge in [-0.1, -0.05) is 39.0 Å². The molecule has 23 heavy (non-hydrogen) atoms. The average Bonchev–Trinajstić information content (AvgIpc) is 3.05. The molecule has 0 saturated heterocycles. The van der Waals surface area contributed by atoms with Gasteiger partial charge >= 0.3 is 0 Å². The molecule has 0 atom stereocenters. The minimum Gasteiger partial charge on any atom is -0.370 e. The van der Waals surface area contributed by atoms with Crippen LogP contribution in [-0.2, 0) is 0 Å². The summed E-state index contributed by atoms with van der Waals surface area (Å²) in [4.78, 5) is 15.9. The molecule has 1 rings (SSSR count). The maximum absolute atomic E-state index is 11.6. The zero-order valence-electron chi connectivity index (χ0n) is 13.8. The Kier molecular flexibility index (Phi) is 13.5. The van der Waals surface area contributed by atoms with Crippen molar-refractivity contribution >= 4 is 35.8 Å². The van der Waals surface area contributed by atoms with E-state index in [2.05, 4.69) is 32.7 Å². The fourth-order valence-electron chi connectivity index (χ4n) is 1.99. The number of nitrogens with zero attached hydrogens (tertiary/aromatic N) is 2. The van der Waals surface area contributed by atoms with E-state index in [4.69, 9.17) is 5.73 Å². The first kappa shape index (κ1) is 21.7. The Balaban J connectivity index is 0.00000484. The Hall–Kier alpha value is -1.32. The first-order valence-electron chi connectivity index (χ1n) is 8.05. The molecule has 0 unspecified atom stereocenters. The summed E-state index contributed by atoms with van der Waals surface area (Å²) in [5.74, 6) is 0.256. The molecular weight excluding hydrogens is 407 g/mol. The van der Waals surface area contributed by atoms with E-state index in [1.807, 2.05) is 0 Å². The lowest BCUT2D eigenvalue weighted by Crippen LogP contribution is -2.38. The van der Waals surface area contributed by atoms with Crippen molar-refractivity contribution in [3.63, 3.8) is 0 Å². The van der Waals surface area contributed by atoms with Crippen LogP contribution in [0.15, 0.2) is 17.3 Å². The van der Waals surface area contributed by atoms with E-state index in [-0.39, 0.29) is 29.9 Å². The Morgan fingerprint density at radius 2 is 1.91 bits per heavy atom. The maximum Gasteiger partial charge on any atom is 0.269 e. The van der Waals surface area contributed by atoms with Crippen LogP contribution in [0.25, 0.3) is 0 Å². The number of hydrogen-bond acceptors (Lipinski definition) is 3. The summed E-state index contributed by atoms with van der Waals surface area (Å²) in [5, 5.41) is 12.1. The fraction of sp³-hybridized carbons (Fsp3) is 0.667. The van der Waals surface area contributed by atoms with Gasteiger partial charge in [0.15, 0.2) is 5.96 Å². The first-order chi connectivity index (χ1) is 10.7. The second-order valence-corrected chi connectivity index (χ2v) is 5.19. The van der Waals surface area contributed by atoms with Crippen LogP contribution in [0.2, 0.25) is 0 Å². The molecule has 0 bridgehead atoms. The number of halogens is 1. The maximum atomic E-state index is 11.6. The van der Waals surface area contributed by atoms with Crippen LogP contribution in [-0.4, -0.2) is 41.7 Å². The lowest BCUT2D eigenvalue weighted by molar-refractivity contribution is 0.0949. The highest BCUT2D eigenvalue weighted by atomic mass is 127. The van der Waals surface area contributed by atoms with Gasteiger partial charge < -0.3 is 16.4 Å². The van der Waals surface area contributed by atoms with Gasteiger partial charge in [-0.3, -0.25) is 14.9 Å². The summed E-state index contributed by atoms with van der Waals surface area (Å²) in [6.45, 7) is 4.00. The lowest BCUT2D eigenvalue weighted by atomic mass is 10.1. The summed E-state index contributed by atoms with van der Waals surface area (Å²) in [7, 11) is 0. The third kappa shape index (κ3) is 10.9. The summed E-state index contributed by atoms with van der Waals surface area (Å²) in [5.41, 5.74) is 6.21. The van der Waals surface area contributed by atoms with Gasteiger partial charge in [0.05, 0.1) is 0 Å². The van der Waals surface area contributed by atoms with Gasteiger partial charge in [-0.25, -0.2) is 0 Å². The zero-order valence-corrected chi connectivity index (χ0v) is 16.1. The predicted molar refractivity (Wildman–Crippen MR) is 104 cm³/mol. The number of carbonyl (C=O) groups is 1. The Morgan fingerprint density at radius 3 is 2.61 bits per heavy atom. The Morgan fingerprint density at radius 1 is 1.22 bits per heavy atom. The van der Waals surface area contributed by atoms with E-state index < -0.39 is 0 Å². The normalized spacial score (nSPS) is 10.9. The number of guanidine groups is 1. The van der Waals surface area contributed by atoms with E-state index >= 15 is 0 Å². The van der Waals surface area contributed by atoms with Crippen molar-refractivity contribution < 1.29 is 4.79 Å². The first-order valence-corrected chi connectivity index (χ1v) is 8.05. The van der Waals surface area contributed by atoms with E-state index in [1.165, 1.54) is 32.1 Å². The van der Waals surface area contributed by atoms with E-state index in [0.717, 1.165) is 13.0 Å². The molecule has 132 valence electrons. The van der Waals surface area contributed by atoms with Crippen molar-refractivity contribution in [3.05, 3.63) is 18.0 Å². The SMILES string of the molecule is CCCCCCCCN=C(N)NCCNC(=O)c1ccn[nH]1.I. The number of H-pyrrole nitrogens is 1. The number of unbranched alkanes of at least 4 members (excludes halogenated alkanes) is 5. The molecule has 1 heterocycles. The minimum atomic E-state index is -0.179. The Bertz CT molecular complexity index is 435. The highest BCUT2D eigenvalue weighted by Crippen LogP contribution is 2.04. The topological polar surface area (TPSA) is 108 Å². The minimum absolute atomic E-state index is 0. The Labute approximate surface area is 155 Å². The number of nitrogens with two attached hydrogens (primary N) is 1. The van der Waals surface area contributed by atoms with E-state index in [9.17, 15) is 4.79 Å². The van der Waals surface area contributed by atoms with Crippen molar-refractivity contribution in [3.8, 4) is 0 Å². The molecule has 0 aliphatic rings.